The maximum absolute atomic E-state index is 12.7. The maximum atomic E-state index is 12.7. The third kappa shape index (κ3) is 6.23. The second kappa shape index (κ2) is 9.79. The van der Waals surface area contributed by atoms with E-state index in [1.807, 2.05) is 0 Å². The molecular formula is C21H22F3N3O5S. The first-order valence-electron chi connectivity index (χ1n) is 9.92. The Labute approximate surface area is 188 Å². The van der Waals surface area contributed by atoms with Crippen molar-refractivity contribution in [3.8, 4) is 5.75 Å². The highest BCUT2D eigenvalue weighted by Crippen LogP contribution is 2.30. The number of amides is 2. The number of halogens is 3. The Morgan fingerprint density at radius 1 is 0.939 bits per heavy atom. The summed E-state index contributed by atoms with van der Waals surface area (Å²) < 4.78 is 70.1. The van der Waals surface area contributed by atoms with Crippen LogP contribution < -0.4 is 10.5 Å². The molecule has 2 N–H and O–H groups in total. The average molecular weight is 485 g/mol. The molecule has 33 heavy (non-hydrogen) atoms. The molecule has 1 aliphatic rings. The van der Waals surface area contributed by atoms with Gasteiger partial charge in [-0.05, 0) is 42.0 Å². The van der Waals surface area contributed by atoms with Gasteiger partial charge in [-0.15, -0.1) is 0 Å². The van der Waals surface area contributed by atoms with Crippen LogP contribution in [0.15, 0.2) is 53.4 Å². The number of benzene rings is 2. The van der Waals surface area contributed by atoms with E-state index in [0.717, 1.165) is 28.6 Å². The summed E-state index contributed by atoms with van der Waals surface area (Å²) in [6, 6.07) is 9.86. The summed E-state index contributed by atoms with van der Waals surface area (Å²) in [7, 11) is -3.98. The fraction of sp³-hybridized carbons (Fsp3) is 0.333. The molecule has 178 valence electrons. The average Bonchev–Trinajstić information content (AvgIpc) is 2.77. The molecule has 2 amide bonds. The summed E-state index contributed by atoms with van der Waals surface area (Å²) in [6.45, 7) is 0.0217. The van der Waals surface area contributed by atoms with Crippen LogP contribution in [0.2, 0.25) is 0 Å². The molecule has 2 aromatic carbocycles. The molecule has 2 aromatic rings. The van der Waals surface area contributed by atoms with Crippen LogP contribution in [-0.2, 0) is 32.2 Å². The van der Waals surface area contributed by atoms with Gasteiger partial charge < -0.3 is 15.4 Å². The molecule has 0 bridgehead atoms. The number of hydrogen-bond donors (Lipinski definition) is 1. The van der Waals surface area contributed by atoms with Crippen molar-refractivity contribution in [1.29, 1.82) is 0 Å². The first-order chi connectivity index (χ1) is 15.5. The Kier molecular flexibility index (Phi) is 7.28. The molecule has 12 heteroatoms. The van der Waals surface area contributed by atoms with Crippen molar-refractivity contribution >= 4 is 21.8 Å². The Hall–Kier alpha value is -3.12. The van der Waals surface area contributed by atoms with E-state index < -0.39 is 27.7 Å². The number of hydrogen-bond acceptors (Lipinski definition) is 5. The van der Waals surface area contributed by atoms with E-state index in [2.05, 4.69) is 0 Å². The third-order valence-corrected chi connectivity index (χ3v) is 6.99. The predicted molar refractivity (Wildman–Crippen MR) is 112 cm³/mol. The summed E-state index contributed by atoms with van der Waals surface area (Å²) in [5.74, 6) is -0.360. The van der Waals surface area contributed by atoms with E-state index in [0.29, 0.717) is 11.3 Å². The van der Waals surface area contributed by atoms with Crippen molar-refractivity contribution in [2.24, 2.45) is 5.73 Å². The number of nitrogens with two attached hydrogens (primary N) is 1. The Morgan fingerprint density at radius 2 is 1.52 bits per heavy atom. The summed E-state index contributed by atoms with van der Waals surface area (Å²) in [4.78, 5) is 24.5. The van der Waals surface area contributed by atoms with Gasteiger partial charge in [0.05, 0.1) is 16.9 Å². The number of carbonyl (C=O) groups is 2. The van der Waals surface area contributed by atoms with Gasteiger partial charge in [-0.2, -0.15) is 17.5 Å². The number of piperazine rings is 1. The molecular weight excluding hydrogens is 463 g/mol. The van der Waals surface area contributed by atoms with Crippen molar-refractivity contribution in [3.05, 3.63) is 59.7 Å². The zero-order valence-electron chi connectivity index (χ0n) is 17.4. The van der Waals surface area contributed by atoms with Crippen LogP contribution in [0.25, 0.3) is 0 Å². The lowest BCUT2D eigenvalue weighted by Crippen LogP contribution is -2.51. The number of carbonyl (C=O) groups excluding carboxylic acids is 2. The monoisotopic (exact) mass is 485 g/mol. The highest BCUT2D eigenvalue weighted by atomic mass is 32.2. The zero-order chi connectivity index (χ0) is 24.2. The maximum Gasteiger partial charge on any atom is 0.416 e. The van der Waals surface area contributed by atoms with Gasteiger partial charge in [-0.3, -0.25) is 9.59 Å². The topological polar surface area (TPSA) is 110 Å². The second-order valence-electron chi connectivity index (χ2n) is 7.38. The van der Waals surface area contributed by atoms with E-state index in [9.17, 15) is 31.2 Å². The van der Waals surface area contributed by atoms with Gasteiger partial charge in [-0.1, -0.05) is 12.1 Å². The van der Waals surface area contributed by atoms with Gasteiger partial charge in [0.2, 0.25) is 15.9 Å². The van der Waals surface area contributed by atoms with Gasteiger partial charge in [0, 0.05) is 26.2 Å². The van der Waals surface area contributed by atoms with Crippen molar-refractivity contribution in [3.63, 3.8) is 0 Å². The number of primary amides is 1. The Morgan fingerprint density at radius 3 is 2.03 bits per heavy atom. The molecule has 0 radical (unpaired) electrons. The lowest BCUT2D eigenvalue weighted by atomic mass is 10.1. The minimum atomic E-state index is -4.55. The van der Waals surface area contributed by atoms with Gasteiger partial charge in [-0.25, -0.2) is 8.42 Å². The third-order valence-electron chi connectivity index (χ3n) is 5.07. The van der Waals surface area contributed by atoms with Crippen LogP contribution >= 0.6 is 0 Å². The quantitative estimate of drug-likeness (QED) is 0.641. The summed E-state index contributed by atoms with van der Waals surface area (Å²) in [5.41, 5.74) is 4.92. The van der Waals surface area contributed by atoms with Gasteiger partial charge in [0.15, 0.2) is 6.61 Å². The fourth-order valence-corrected chi connectivity index (χ4v) is 4.71. The van der Waals surface area contributed by atoms with Gasteiger partial charge in [0.1, 0.15) is 5.75 Å². The molecule has 1 saturated heterocycles. The van der Waals surface area contributed by atoms with Crippen LogP contribution in [0.1, 0.15) is 11.1 Å². The number of alkyl halides is 3. The number of ether oxygens (including phenoxy) is 1. The lowest BCUT2D eigenvalue weighted by Gasteiger charge is -2.34. The number of rotatable bonds is 7. The molecule has 3 rings (SSSR count). The molecule has 1 heterocycles. The van der Waals surface area contributed by atoms with E-state index in [1.165, 1.54) is 4.90 Å². The molecule has 0 spiro atoms. The molecule has 0 aromatic heterocycles. The summed E-state index contributed by atoms with van der Waals surface area (Å²) in [5, 5.41) is 0. The summed E-state index contributed by atoms with van der Waals surface area (Å²) >= 11 is 0. The van der Waals surface area contributed by atoms with E-state index in [1.54, 1.807) is 24.3 Å². The number of nitrogens with zero attached hydrogens (tertiary/aromatic N) is 2. The largest absolute Gasteiger partial charge is 0.484 e. The SMILES string of the molecule is NC(=O)Cc1ccc(OCC(=O)N2CCN(S(=O)(=O)c3ccc(C(F)(F)F)cc3)CC2)cc1. The van der Waals surface area contributed by atoms with Crippen molar-refractivity contribution in [2.75, 3.05) is 32.8 Å². The fourth-order valence-electron chi connectivity index (χ4n) is 3.28. The molecule has 8 nitrogen and oxygen atoms in total. The van der Waals surface area contributed by atoms with Crippen LogP contribution in [0.3, 0.4) is 0 Å². The van der Waals surface area contributed by atoms with Crippen LogP contribution in [0, 0.1) is 0 Å². The Bertz CT molecular complexity index is 1100. The standard InChI is InChI=1S/C21H22F3N3O5S/c22-21(23,24)16-3-7-18(8-4-16)33(30,31)27-11-9-26(10-12-27)20(29)14-32-17-5-1-15(2-6-17)13-19(25)28/h1-8H,9-14H2,(H2,25,28). The highest BCUT2D eigenvalue weighted by molar-refractivity contribution is 7.89. The van der Waals surface area contributed by atoms with Crippen LogP contribution in [0.5, 0.6) is 5.75 Å². The van der Waals surface area contributed by atoms with Crippen molar-refractivity contribution < 1.29 is 35.9 Å². The lowest BCUT2D eigenvalue weighted by molar-refractivity contribution is -0.137. The normalized spacial score (nSPS) is 15.3. The predicted octanol–water partition coefficient (Wildman–Crippen LogP) is 1.65. The second-order valence-corrected chi connectivity index (χ2v) is 9.32. The number of sulfonamides is 1. The van der Waals surface area contributed by atoms with Gasteiger partial charge >= 0.3 is 6.18 Å². The molecule has 1 aliphatic heterocycles. The Balaban J connectivity index is 1.52. The molecule has 0 atom stereocenters. The minimum Gasteiger partial charge on any atom is -0.484 e. The van der Waals surface area contributed by atoms with Crippen molar-refractivity contribution in [1.82, 2.24) is 9.21 Å². The molecule has 0 saturated carbocycles. The minimum absolute atomic E-state index is 0.0108. The van der Waals surface area contributed by atoms with Crippen molar-refractivity contribution in [2.45, 2.75) is 17.5 Å². The van der Waals surface area contributed by atoms with E-state index in [-0.39, 0.29) is 50.0 Å². The van der Waals surface area contributed by atoms with E-state index >= 15 is 0 Å². The summed E-state index contributed by atoms with van der Waals surface area (Å²) in [6.07, 6.45) is -4.46. The zero-order valence-corrected chi connectivity index (χ0v) is 18.2. The smallest absolute Gasteiger partial charge is 0.416 e. The van der Waals surface area contributed by atoms with Crippen LogP contribution in [0.4, 0.5) is 13.2 Å². The molecule has 0 unspecified atom stereocenters. The van der Waals surface area contributed by atoms with E-state index in [4.69, 9.17) is 10.5 Å². The highest BCUT2D eigenvalue weighted by Gasteiger charge is 2.33. The molecule has 1 fully saturated rings. The van der Waals surface area contributed by atoms with Crippen LogP contribution in [-0.4, -0.2) is 62.2 Å². The first-order valence-corrected chi connectivity index (χ1v) is 11.4. The van der Waals surface area contributed by atoms with Gasteiger partial charge in [0.25, 0.3) is 5.91 Å². The molecule has 0 aliphatic carbocycles. The first kappa shape index (κ1) is 24.5.